The largest absolute Gasteiger partial charge is 0.496 e. The third-order valence-corrected chi connectivity index (χ3v) is 2.34. The van der Waals surface area contributed by atoms with Crippen LogP contribution < -0.4 is 16.2 Å². The van der Waals surface area contributed by atoms with Gasteiger partial charge in [-0.1, -0.05) is 15.9 Å². The van der Waals surface area contributed by atoms with Crippen molar-refractivity contribution in [3.05, 3.63) is 28.2 Å². The summed E-state index contributed by atoms with van der Waals surface area (Å²) in [4.78, 5) is 0. The summed E-state index contributed by atoms with van der Waals surface area (Å²) in [6.07, 6.45) is 0. The smallest absolute Gasteiger partial charge is 0.123 e. The summed E-state index contributed by atoms with van der Waals surface area (Å²) in [7, 11) is 1.62. The van der Waals surface area contributed by atoms with Crippen LogP contribution in [0.15, 0.2) is 22.7 Å². The van der Waals surface area contributed by atoms with Gasteiger partial charge in [0.2, 0.25) is 0 Å². The summed E-state index contributed by atoms with van der Waals surface area (Å²) >= 11 is 3.37. The highest BCUT2D eigenvalue weighted by Crippen LogP contribution is 2.26. The summed E-state index contributed by atoms with van der Waals surface area (Å²) in [6, 6.07) is 5.53. The van der Waals surface area contributed by atoms with Crippen LogP contribution in [0, 0.1) is 0 Å². The van der Waals surface area contributed by atoms with Gasteiger partial charge in [-0.15, -0.1) is 12.4 Å². The third kappa shape index (κ3) is 3.13. The summed E-state index contributed by atoms with van der Waals surface area (Å²) < 4.78 is 6.15. The minimum absolute atomic E-state index is 0. The third-order valence-electron chi connectivity index (χ3n) is 1.85. The molecule has 14 heavy (non-hydrogen) atoms. The second-order valence-corrected chi connectivity index (χ2v) is 3.64. The van der Waals surface area contributed by atoms with Crippen LogP contribution >= 0.6 is 28.3 Å². The molecule has 0 heterocycles. The molecule has 0 bridgehead atoms. The zero-order valence-electron chi connectivity index (χ0n) is 7.87. The van der Waals surface area contributed by atoms with Gasteiger partial charge in [-0.05, 0) is 18.2 Å². The number of hydrogen-bond donors (Lipinski definition) is 2. The minimum atomic E-state index is -0.174. The van der Waals surface area contributed by atoms with Gasteiger partial charge in [0, 0.05) is 22.6 Å². The monoisotopic (exact) mass is 280 g/mol. The summed E-state index contributed by atoms with van der Waals surface area (Å²) in [5, 5.41) is 0. The molecular weight excluding hydrogens is 267 g/mol. The molecule has 0 unspecified atom stereocenters. The molecule has 0 aromatic heterocycles. The van der Waals surface area contributed by atoms with Crippen molar-refractivity contribution in [3.63, 3.8) is 0 Å². The Labute approximate surface area is 98.3 Å². The van der Waals surface area contributed by atoms with Crippen LogP contribution in [0.2, 0.25) is 0 Å². The fourth-order valence-corrected chi connectivity index (χ4v) is 1.50. The Morgan fingerprint density at radius 1 is 1.50 bits per heavy atom. The molecule has 0 aliphatic heterocycles. The lowest BCUT2D eigenvalue weighted by molar-refractivity contribution is 0.406. The first-order valence-electron chi connectivity index (χ1n) is 3.98. The van der Waals surface area contributed by atoms with E-state index in [0.717, 1.165) is 15.8 Å². The Morgan fingerprint density at radius 3 is 2.64 bits per heavy atom. The molecule has 1 aromatic rings. The van der Waals surface area contributed by atoms with Crippen LogP contribution in [0.3, 0.4) is 0 Å². The van der Waals surface area contributed by atoms with E-state index in [4.69, 9.17) is 16.2 Å². The minimum Gasteiger partial charge on any atom is -0.496 e. The lowest BCUT2D eigenvalue weighted by atomic mass is 10.1. The van der Waals surface area contributed by atoms with Gasteiger partial charge >= 0.3 is 0 Å². The Kier molecular flexibility index (Phi) is 6.11. The first-order valence-corrected chi connectivity index (χ1v) is 4.77. The van der Waals surface area contributed by atoms with Gasteiger partial charge in [-0.25, -0.2) is 0 Å². The molecular formula is C9H14BrClN2O. The average molecular weight is 282 g/mol. The van der Waals surface area contributed by atoms with Crippen molar-refractivity contribution in [2.24, 2.45) is 11.5 Å². The number of nitrogens with two attached hydrogens (primary N) is 2. The first-order chi connectivity index (χ1) is 6.19. The van der Waals surface area contributed by atoms with E-state index in [-0.39, 0.29) is 18.4 Å². The van der Waals surface area contributed by atoms with Gasteiger partial charge in [-0.3, -0.25) is 0 Å². The Bertz CT molecular complexity index is 296. The van der Waals surface area contributed by atoms with E-state index in [1.54, 1.807) is 7.11 Å². The van der Waals surface area contributed by atoms with Gasteiger partial charge in [0.05, 0.1) is 7.11 Å². The van der Waals surface area contributed by atoms with E-state index in [2.05, 4.69) is 15.9 Å². The molecule has 0 spiro atoms. The molecule has 1 aromatic carbocycles. The van der Waals surface area contributed by atoms with E-state index in [9.17, 15) is 0 Å². The zero-order chi connectivity index (χ0) is 9.84. The molecule has 0 saturated heterocycles. The van der Waals surface area contributed by atoms with Gasteiger partial charge in [0.1, 0.15) is 5.75 Å². The topological polar surface area (TPSA) is 61.3 Å². The molecule has 4 N–H and O–H groups in total. The normalized spacial score (nSPS) is 11.7. The van der Waals surface area contributed by atoms with E-state index in [1.165, 1.54) is 0 Å². The molecule has 1 atom stereocenters. The summed E-state index contributed by atoms with van der Waals surface area (Å²) in [5.41, 5.74) is 12.2. The van der Waals surface area contributed by atoms with Gasteiger partial charge in [0.15, 0.2) is 0 Å². The maximum atomic E-state index is 5.81. The zero-order valence-corrected chi connectivity index (χ0v) is 10.3. The number of ether oxygens (including phenoxy) is 1. The molecule has 1 rings (SSSR count). The van der Waals surface area contributed by atoms with Crippen LogP contribution in [-0.2, 0) is 0 Å². The Morgan fingerprint density at radius 2 is 2.14 bits per heavy atom. The number of benzene rings is 1. The SMILES string of the molecule is COc1ccc(Br)cc1[C@@H](N)CN.Cl. The molecule has 0 aliphatic rings. The van der Waals surface area contributed by atoms with Crippen LogP contribution in [0.1, 0.15) is 11.6 Å². The highest BCUT2D eigenvalue weighted by molar-refractivity contribution is 9.10. The standard InChI is InChI=1S/C9H13BrN2O.ClH/c1-13-9-3-2-6(10)4-7(9)8(12)5-11;/h2-4,8H,5,11-12H2,1H3;1H/t8-;/m0./s1. The van der Waals surface area contributed by atoms with E-state index in [1.807, 2.05) is 18.2 Å². The number of rotatable bonds is 3. The molecule has 0 aliphatic carbocycles. The Hall–Kier alpha value is -0.290. The van der Waals surface area contributed by atoms with Crippen molar-refractivity contribution in [3.8, 4) is 5.75 Å². The second kappa shape index (κ2) is 6.24. The van der Waals surface area contributed by atoms with Crippen LogP contribution in [-0.4, -0.2) is 13.7 Å². The van der Waals surface area contributed by atoms with E-state index in [0.29, 0.717) is 6.54 Å². The van der Waals surface area contributed by atoms with E-state index >= 15 is 0 Å². The summed E-state index contributed by atoms with van der Waals surface area (Å²) in [6.45, 7) is 0.410. The summed E-state index contributed by atoms with van der Waals surface area (Å²) in [5.74, 6) is 0.779. The molecule has 3 nitrogen and oxygen atoms in total. The quantitative estimate of drug-likeness (QED) is 0.889. The first kappa shape index (κ1) is 13.7. The highest BCUT2D eigenvalue weighted by Gasteiger charge is 2.10. The molecule has 0 radical (unpaired) electrons. The van der Waals surface area contributed by atoms with E-state index < -0.39 is 0 Å². The lowest BCUT2D eigenvalue weighted by Crippen LogP contribution is -2.21. The van der Waals surface area contributed by atoms with Gasteiger partial charge in [0.25, 0.3) is 0 Å². The fourth-order valence-electron chi connectivity index (χ4n) is 1.12. The average Bonchev–Trinajstić information content (AvgIpc) is 2.16. The van der Waals surface area contributed by atoms with Gasteiger partial charge in [-0.2, -0.15) is 0 Å². The predicted octanol–water partition coefficient (Wildman–Crippen LogP) is 1.84. The van der Waals surface area contributed by atoms with Crippen molar-refractivity contribution < 1.29 is 4.74 Å². The molecule has 80 valence electrons. The van der Waals surface area contributed by atoms with Crippen molar-refractivity contribution in [2.75, 3.05) is 13.7 Å². The van der Waals surface area contributed by atoms with Crippen molar-refractivity contribution in [1.29, 1.82) is 0 Å². The maximum absolute atomic E-state index is 5.81. The number of halogens is 2. The maximum Gasteiger partial charge on any atom is 0.123 e. The number of methoxy groups -OCH3 is 1. The second-order valence-electron chi connectivity index (χ2n) is 2.73. The van der Waals surface area contributed by atoms with Crippen LogP contribution in [0.5, 0.6) is 5.75 Å². The van der Waals surface area contributed by atoms with Crippen LogP contribution in [0.4, 0.5) is 0 Å². The molecule has 5 heteroatoms. The van der Waals surface area contributed by atoms with Crippen molar-refractivity contribution in [2.45, 2.75) is 6.04 Å². The van der Waals surface area contributed by atoms with Crippen molar-refractivity contribution in [1.82, 2.24) is 0 Å². The molecule has 0 fully saturated rings. The number of hydrogen-bond acceptors (Lipinski definition) is 3. The highest BCUT2D eigenvalue weighted by atomic mass is 79.9. The predicted molar refractivity (Wildman–Crippen MR) is 63.9 cm³/mol. The molecule has 0 saturated carbocycles. The lowest BCUT2D eigenvalue weighted by Gasteiger charge is -2.13. The van der Waals surface area contributed by atoms with Crippen molar-refractivity contribution >= 4 is 28.3 Å². The van der Waals surface area contributed by atoms with Gasteiger partial charge < -0.3 is 16.2 Å². The van der Waals surface area contributed by atoms with Crippen LogP contribution in [0.25, 0.3) is 0 Å². The fraction of sp³-hybridized carbons (Fsp3) is 0.333. The molecule has 0 amide bonds. The Balaban J connectivity index is 0.00000169.